The highest BCUT2D eigenvalue weighted by Crippen LogP contribution is 2.30. The van der Waals surface area contributed by atoms with Gasteiger partial charge in [-0.1, -0.05) is 18.2 Å². The van der Waals surface area contributed by atoms with Crippen molar-refractivity contribution in [1.29, 1.82) is 0 Å². The third-order valence-corrected chi connectivity index (χ3v) is 2.95. The van der Waals surface area contributed by atoms with Crippen LogP contribution in [0.15, 0.2) is 34.9 Å². The van der Waals surface area contributed by atoms with Crippen LogP contribution in [0.5, 0.6) is 0 Å². The molecule has 1 fully saturated rings. The molecule has 0 bridgehead atoms. The topological polar surface area (TPSA) is 25.2 Å². The molecule has 72 valence electrons. The molecule has 0 aliphatic carbocycles. The van der Waals surface area contributed by atoms with E-state index in [1.807, 2.05) is 18.4 Å². The SMILES string of the molecule is c1ccc2c(C3CCCN3)coc2c1. The van der Waals surface area contributed by atoms with Gasteiger partial charge in [-0.2, -0.15) is 0 Å². The minimum Gasteiger partial charge on any atom is -0.464 e. The second-order valence-corrected chi connectivity index (χ2v) is 3.84. The highest BCUT2D eigenvalue weighted by molar-refractivity contribution is 5.81. The Morgan fingerprint density at radius 2 is 2.21 bits per heavy atom. The van der Waals surface area contributed by atoms with E-state index in [-0.39, 0.29) is 0 Å². The molecule has 1 saturated heterocycles. The first-order valence-electron chi connectivity index (χ1n) is 5.15. The Balaban J connectivity index is 2.11. The number of para-hydroxylation sites is 1. The van der Waals surface area contributed by atoms with Crippen LogP contribution in [0.4, 0.5) is 0 Å². The molecule has 0 spiro atoms. The first-order chi connectivity index (χ1) is 6.95. The minimum atomic E-state index is 0.499. The van der Waals surface area contributed by atoms with Crippen LogP contribution in [0.3, 0.4) is 0 Å². The van der Waals surface area contributed by atoms with E-state index < -0.39 is 0 Å². The van der Waals surface area contributed by atoms with Crippen molar-refractivity contribution in [3.63, 3.8) is 0 Å². The Morgan fingerprint density at radius 3 is 3.07 bits per heavy atom. The van der Waals surface area contributed by atoms with Gasteiger partial charge in [-0.05, 0) is 25.5 Å². The van der Waals surface area contributed by atoms with Gasteiger partial charge in [0, 0.05) is 17.0 Å². The summed E-state index contributed by atoms with van der Waals surface area (Å²) in [5, 5.41) is 4.75. The predicted molar refractivity (Wildman–Crippen MR) is 56.2 cm³/mol. The second kappa shape index (κ2) is 3.14. The molecule has 0 radical (unpaired) electrons. The summed E-state index contributed by atoms with van der Waals surface area (Å²) in [7, 11) is 0. The lowest BCUT2D eigenvalue weighted by Crippen LogP contribution is -2.12. The zero-order chi connectivity index (χ0) is 9.38. The molecule has 0 saturated carbocycles. The van der Waals surface area contributed by atoms with Crippen molar-refractivity contribution in [2.45, 2.75) is 18.9 Å². The van der Waals surface area contributed by atoms with Gasteiger partial charge in [0.25, 0.3) is 0 Å². The Hall–Kier alpha value is -1.28. The van der Waals surface area contributed by atoms with Crippen LogP contribution in [0.25, 0.3) is 11.0 Å². The number of fused-ring (bicyclic) bond motifs is 1. The van der Waals surface area contributed by atoms with Gasteiger partial charge in [-0.3, -0.25) is 0 Å². The summed E-state index contributed by atoms with van der Waals surface area (Å²) in [6, 6.07) is 8.73. The maximum Gasteiger partial charge on any atom is 0.134 e. The lowest BCUT2D eigenvalue weighted by atomic mass is 10.0. The monoisotopic (exact) mass is 187 g/mol. The van der Waals surface area contributed by atoms with Gasteiger partial charge in [0.2, 0.25) is 0 Å². The second-order valence-electron chi connectivity index (χ2n) is 3.84. The van der Waals surface area contributed by atoms with E-state index in [1.54, 1.807) is 0 Å². The summed E-state index contributed by atoms with van der Waals surface area (Å²) in [5.74, 6) is 0. The molecule has 1 aliphatic heterocycles. The van der Waals surface area contributed by atoms with E-state index in [4.69, 9.17) is 4.42 Å². The van der Waals surface area contributed by atoms with Gasteiger partial charge >= 0.3 is 0 Å². The maximum absolute atomic E-state index is 5.52. The van der Waals surface area contributed by atoms with Crippen molar-refractivity contribution in [1.82, 2.24) is 5.32 Å². The molecule has 1 aromatic carbocycles. The van der Waals surface area contributed by atoms with Gasteiger partial charge < -0.3 is 9.73 Å². The molecule has 0 amide bonds. The van der Waals surface area contributed by atoms with Crippen LogP contribution in [-0.2, 0) is 0 Å². The summed E-state index contributed by atoms with van der Waals surface area (Å²) >= 11 is 0. The van der Waals surface area contributed by atoms with Crippen LogP contribution in [0.2, 0.25) is 0 Å². The fourth-order valence-electron chi connectivity index (χ4n) is 2.22. The van der Waals surface area contributed by atoms with Gasteiger partial charge in [-0.25, -0.2) is 0 Å². The lowest BCUT2D eigenvalue weighted by Gasteiger charge is -2.06. The van der Waals surface area contributed by atoms with Crippen molar-refractivity contribution in [3.8, 4) is 0 Å². The van der Waals surface area contributed by atoms with E-state index in [9.17, 15) is 0 Å². The van der Waals surface area contributed by atoms with Gasteiger partial charge in [0.1, 0.15) is 5.58 Å². The number of hydrogen-bond acceptors (Lipinski definition) is 2. The lowest BCUT2D eigenvalue weighted by molar-refractivity contribution is 0.586. The number of benzene rings is 1. The molecular weight excluding hydrogens is 174 g/mol. The molecule has 1 aliphatic rings. The smallest absolute Gasteiger partial charge is 0.134 e. The van der Waals surface area contributed by atoms with E-state index in [0.29, 0.717) is 6.04 Å². The molecule has 2 aromatic rings. The molecule has 2 nitrogen and oxygen atoms in total. The van der Waals surface area contributed by atoms with Crippen LogP contribution >= 0.6 is 0 Å². The average Bonchev–Trinajstić information content (AvgIpc) is 2.85. The van der Waals surface area contributed by atoms with Crippen LogP contribution in [-0.4, -0.2) is 6.54 Å². The summed E-state index contributed by atoms with van der Waals surface area (Å²) in [6.45, 7) is 1.13. The summed E-state index contributed by atoms with van der Waals surface area (Å²) in [6.07, 6.45) is 4.39. The molecule has 2 heteroatoms. The molecule has 14 heavy (non-hydrogen) atoms. The number of nitrogens with one attached hydrogen (secondary N) is 1. The molecule has 1 N–H and O–H groups in total. The van der Waals surface area contributed by atoms with Crippen LogP contribution < -0.4 is 5.32 Å². The van der Waals surface area contributed by atoms with Crippen molar-refractivity contribution in [2.24, 2.45) is 0 Å². The molecule has 1 unspecified atom stereocenters. The van der Waals surface area contributed by atoms with Gasteiger partial charge in [0.05, 0.1) is 6.26 Å². The summed E-state index contributed by atoms with van der Waals surface area (Å²) in [5.41, 5.74) is 2.31. The molecule has 1 aromatic heterocycles. The van der Waals surface area contributed by atoms with Gasteiger partial charge in [-0.15, -0.1) is 0 Å². The van der Waals surface area contributed by atoms with Crippen molar-refractivity contribution < 1.29 is 4.42 Å². The largest absolute Gasteiger partial charge is 0.464 e. The van der Waals surface area contributed by atoms with Crippen molar-refractivity contribution >= 4 is 11.0 Å². The highest BCUT2D eigenvalue weighted by atomic mass is 16.3. The normalized spacial score (nSPS) is 21.9. The number of rotatable bonds is 1. The molecular formula is C12H13NO. The van der Waals surface area contributed by atoms with E-state index in [1.165, 1.54) is 23.8 Å². The standard InChI is InChI=1S/C12H13NO/c1-2-6-12-9(4-1)10(8-14-12)11-5-3-7-13-11/h1-2,4,6,8,11,13H,3,5,7H2. The Labute approximate surface area is 82.9 Å². The average molecular weight is 187 g/mol. The maximum atomic E-state index is 5.52. The first kappa shape index (κ1) is 8.06. The zero-order valence-electron chi connectivity index (χ0n) is 7.99. The first-order valence-corrected chi connectivity index (χ1v) is 5.15. The zero-order valence-corrected chi connectivity index (χ0v) is 7.99. The van der Waals surface area contributed by atoms with Crippen LogP contribution in [0.1, 0.15) is 24.4 Å². The Kier molecular flexibility index (Phi) is 1.81. The molecule has 1 atom stereocenters. The Bertz CT molecular complexity index is 440. The Morgan fingerprint density at radius 1 is 1.29 bits per heavy atom. The van der Waals surface area contributed by atoms with E-state index in [0.717, 1.165) is 12.1 Å². The van der Waals surface area contributed by atoms with Crippen LogP contribution in [0, 0.1) is 0 Å². The van der Waals surface area contributed by atoms with Gasteiger partial charge in [0.15, 0.2) is 0 Å². The third kappa shape index (κ3) is 1.15. The molecule has 3 rings (SSSR count). The highest BCUT2D eigenvalue weighted by Gasteiger charge is 2.19. The predicted octanol–water partition coefficient (Wildman–Crippen LogP) is 2.86. The fraction of sp³-hybridized carbons (Fsp3) is 0.333. The number of furan rings is 1. The summed E-state index contributed by atoms with van der Waals surface area (Å²) in [4.78, 5) is 0. The van der Waals surface area contributed by atoms with Crippen molar-refractivity contribution in [2.75, 3.05) is 6.54 Å². The van der Waals surface area contributed by atoms with E-state index >= 15 is 0 Å². The fourth-order valence-corrected chi connectivity index (χ4v) is 2.22. The molecule has 2 heterocycles. The summed E-state index contributed by atoms with van der Waals surface area (Å²) < 4.78 is 5.52. The third-order valence-electron chi connectivity index (χ3n) is 2.95. The number of hydrogen-bond donors (Lipinski definition) is 1. The quantitative estimate of drug-likeness (QED) is 0.742. The minimum absolute atomic E-state index is 0.499. The van der Waals surface area contributed by atoms with Crippen molar-refractivity contribution in [3.05, 3.63) is 36.1 Å². The van der Waals surface area contributed by atoms with E-state index in [2.05, 4.69) is 17.4 Å².